The molecule has 5 nitrogen and oxygen atoms in total. The minimum atomic E-state index is 0.378. The van der Waals surface area contributed by atoms with E-state index in [1.165, 1.54) is 19.4 Å². The van der Waals surface area contributed by atoms with Crippen molar-refractivity contribution >= 4 is 0 Å². The maximum Gasteiger partial charge on any atom is 0.141 e. The van der Waals surface area contributed by atoms with Gasteiger partial charge in [0.25, 0.3) is 0 Å². The van der Waals surface area contributed by atoms with E-state index in [9.17, 15) is 0 Å². The zero-order valence-electron chi connectivity index (χ0n) is 11.1. The van der Waals surface area contributed by atoms with Crippen LogP contribution in [-0.4, -0.2) is 45.8 Å². The van der Waals surface area contributed by atoms with E-state index in [4.69, 9.17) is 0 Å². The summed E-state index contributed by atoms with van der Waals surface area (Å²) in [6.45, 7) is 7.34. The van der Waals surface area contributed by atoms with Crippen LogP contribution in [0.1, 0.15) is 38.6 Å². The van der Waals surface area contributed by atoms with Crippen LogP contribution in [0.5, 0.6) is 0 Å². The van der Waals surface area contributed by atoms with Crippen molar-refractivity contribution in [3.63, 3.8) is 0 Å². The van der Waals surface area contributed by atoms with E-state index in [1.807, 2.05) is 4.68 Å². The van der Waals surface area contributed by atoms with Crippen LogP contribution in [0.4, 0.5) is 0 Å². The molecule has 0 amide bonds. The van der Waals surface area contributed by atoms with Crippen molar-refractivity contribution in [1.29, 1.82) is 0 Å². The molecule has 1 N–H and O–H groups in total. The molecule has 1 saturated heterocycles. The second kappa shape index (κ2) is 5.60. The van der Waals surface area contributed by atoms with Crippen molar-refractivity contribution in [3.05, 3.63) is 12.2 Å². The highest BCUT2D eigenvalue weighted by Crippen LogP contribution is 2.13. The van der Waals surface area contributed by atoms with Crippen LogP contribution in [0.25, 0.3) is 0 Å². The van der Waals surface area contributed by atoms with Crippen molar-refractivity contribution in [2.75, 3.05) is 20.1 Å². The van der Waals surface area contributed by atoms with Crippen LogP contribution in [0.2, 0.25) is 0 Å². The molecule has 1 atom stereocenters. The van der Waals surface area contributed by atoms with Crippen LogP contribution in [-0.2, 0) is 6.54 Å². The normalized spacial score (nSPS) is 21.5. The minimum Gasteiger partial charge on any atom is -0.308 e. The van der Waals surface area contributed by atoms with Gasteiger partial charge in [-0.2, -0.15) is 5.10 Å². The lowest BCUT2D eigenvalue weighted by Crippen LogP contribution is -2.35. The van der Waals surface area contributed by atoms with Crippen LogP contribution < -0.4 is 5.32 Å². The Bertz CT molecular complexity index is 346. The topological polar surface area (TPSA) is 46.0 Å². The molecule has 2 rings (SSSR count). The lowest BCUT2D eigenvalue weighted by atomic mass is 10.2. The van der Waals surface area contributed by atoms with Gasteiger partial charge in [0.15, 0.2) is 0 Å². The van der Waals surface area contributed by atoms with Crippen molar-refractivity contribution in [3.8, 4) is 0 Å². The summed E-state index contributed by atoms with van der Waals surface area (Å²) >= 11 is 0. The summed E-state index contributed by atoms with van der Waals surface area (Å²) in [6, 6.07) is 1.06. The Kier molecular flexibility index (Phi) is 4.12. The quantitative estimate of drug-likeness (QED) is 0.831. The Morgan fingerprint density at radius 2 is 2.35 bits per heavy atom. The lowest BCUT2D eigenvalue weighted by molar-refractivity contribution is 0.298. The van der Waals surface area contributed by atoms with Gasteiger partial charge in [-0.3, -0.25) is 0 Å². The standard InChI is InChI=1S/C12H23N5/c1-10(2)17-12(14-9-15-17)8-13-7-11-5-4-6-16(11)3/h9-11,13H,4-8H2,1-3H3. The van der Waals surface area contributed by atoms with Crippen LogP contribution in [0.15, 0.2) is 6.33 Å². The Morgan fingerprint density at radius 3 is 3.00 bits per heavy atom. The van der Waals surface area contributed by atoms with Gasteiger partial charge in [-0.25, -0.2) is 9.67 Å². The Balaban J connectivity index is 1.79. The van der Waals surface area contributed by atoms with Gasteiger partial charge in [-0.15, -0.1) is 0 Å². The molecule has 96 valence electrons. The van der Waals surface area contributed by atoms with Crippen molar-refractivity contribution < 1.29 is 0 Å². The van der Waals surface area contributed by atoms with Gasteiger partial charge in [0.2, 0.25) is 0 Å². The largest absolute Gasteiger partial charge is 0.308 e. The smallest absolute Gasteiger partial charge is 0.141 e. The molecule has 1 aliphatic heterocycles. The van der Waals surface area contributed by atoms with E-state index >= 15 is 0 Å². The molecule has 0 aromatic carbocycles. The molecule has 1 aromatic rings. The fourth-order valence-corrected chi connectivity index (χ4v) is 2.42. The van der Waals surface area contributed by atoms with Crippen molar-refractivity contribution in [2.24, 2.45) is 0 Å². The average molecular weight is 237 g/mol. The highest BCUT2D eigenvalue weighted by Gasteiger charge is 2.20. The first-order valence-corrected chi connectivity index (χ1v) is 6.48. The lowest BCUT2D eigenvalue weighted by Gasteiger charge is -2.19. The van der Waals surface area contributed by atoms with Gasteiger partial charge in [-0.05, 0) is 40.3 Å². The molecule has 0 spiro atoms. The zero-order chi connectivity index (χ0) is 12.3. The molecular formula is C12H23N5. The average Bonchev–Trinajstić information content (AvgIpc) is 2.88. The third kappa shape index (κ3) is 3.04. The van der Waals surface area contributed by atoms with Crippen molar-refractivity contribution in [2.45, 2.75) is 45.3 Å². The fourth-order valence-electron chi connectivity index (χ4n) is 2.42. The number of hydrogen-bond donors (Lipinski definition) is 1. The molecule has 1 fully saturated rings. The predicted molar refractivity (Wildman–Crippen MR) is 67.8 cm³/mol. The first-order valence-electron chi connectivity index (χ1n) is 6.48. The fraction of sp³-hybridized carbons (Fsp3) is 0.833. The van der Waals surface area contributed by atoms with E-state index in [0.717, 1.165) is 18.9 Å². The van der Waals surface area contributed by atoms with Gasteiger partial charge < -0.3 is 10.2 Å². The third-order valence-corrected chi connectivity index (χ3v) is 3.47. The van der Waals surface area contributed by atoms with Crippen LogP contribution in [0.3, 0.4) is 0 Å². The van der Waals surface area contributed by atoms with Gasteiger partial charge in [0, 0.05) is 18.6 Å². The molecule has 1 aromatic heterocycles. The summed E-state index contributed by atoms with van der Waals surface area (Å²) in [7, 11) is 2.20. The molecule has 0 bridgehead atoms. The Labute approximate surface area is 103 Å². The highest BCUT2D eigenvalue weighted by molar-refractivity contribution is 4.87. The van der Waals surface area contributed by atoms with Gasteiger partial charge in [0.05, 0.1) is 6.54 Å². The number of likely N-dealkylation sites (tertiary alicyclic amines) is 1. The molecule has 0 aliphatic carbocycles. The van der Waals surface area contributed by atoms with Gasteiger partial charge >= 0.3 is 0 Å². The van der Waals surface area contributed by atoms with E-state index < -0.39 is 0 Å². The second-order valence-corrected chi connectivity index (χ2v) is 5.12. The van der Waals surface area contributed by atoms with E-state index in [2.05, 4.69) is 41.2 Å². The molecule has 1 aliphatic rings. The molecule has 5 heteroatoms. The number of likely N-dealkylation sites (N-methyl/N-ethyl adjacent to an activating group) is 1. The highest BCUT2D eigenvalue weighted by atomic mass is 15.4. The Hall–Kier alpha value is -0.940. The zero-order valence-corrected chi connectivity index (χ0v) is 11.1. The number of rotatable bonds is 5. The number of hydrogen-bond acceptors (Lipinski definition) is 4. The van der Waals surface area contributed by atoms with Crippen molar-refractivity contribution in [1.82, 2.24) is 25.0 Å². The molecule has 0 radical (unpaired) electrons. The summed E-state index contributed by atoms with van der Waals surface area (Å²) in [5.74, 6) is 1.03. The van der Waals surface area contributed by atoms with E-state index in [1.54, 1.807) is 6.33 Å². The first-order chi connectivity index (χ1) is 8.18. The molecule has 0 saturated carbocycles. The van der Waals surface area contributed by atoms with Crippen LogP contribution in [0, 0.1) is 0 Å². The molecule has 2 heterocycles. The maximum atomic E-state index is 4.30. The SMILES string of the molecule is CC(C)n1ncnc1CNCC1CCCN1C. The first kappa shape index (κ1) is 12.5. The number of aromatic nitrogens is 3. The minimum absolute atomic E-state index is 0.378. The predicted octanol–water partition coefficient (Wildman–Crippen LogP) is 1.04. The summed E-state index contributed by atoms with van der Waals surface area (Å²) in [5.41, 5.74) is 0. The third-order valence-electron chi connectivity index (χ3n) is 3.47. The second-order valence-electron chi connectivity index (χ2n) is 5.12. The summed E-state index contributed by atoms with van der Waals surface area (Å²) in [5, 5.41) is 7.73. The molecule has 1 unspecified atom stereocenters. The van der Waals surface area contributed by atoms with Crippen LogP contribution >= 0.6 is 0 Å². The van der Waals surface area contributed by atoms with Gasteiger partial charge in [-0.1, -0.05) is 0 Å². The Morgan fingerprint density at radius 1 is 1.53 bits per heavy atom. The summed E-state index contributed by atoms with van der Waals surface area (Å²) < 4.78 is 1.98. The summed E-state index contributed by atoms with van der Waals surface area (Å²) in [4.78, 5) is 6.73. The molecule has 17 heavy (non-hydrogen) atoms. The number of nitrogens with one attached hydrogen (secondary N) is 1. The van der Waals surface area contributed by atoms with E-state index in [0.29, 0.717) is 12.1 Å². The van der Waals surface area contributed by atoms with E-state index in [-0.39, 0.29) is 0 Å². The monoisotopic (exact) mass is 237 g/mol. The maximum absolute atomic E-state index is 4.30. The molecular weight excluding hydrogens is 214 g/mol. The van der Waals surface area contributed by atoms with Gasteiger partial charge in [0.1, 0.15) is 12.2 Å². The summed E-state index contributed by atoms with van der Waals surface area (Å²) in [6.07, 6.45) is 4.27. The number of nitrogens with zero attached hydrogens (tertiary/aromatic N) is 4.